The fourth-order valence-electron chi connectivity index (χ4n) is 2.57. The maximum atomic E-state index is 5.99. The first-order valence-electron chi connectivity index (χ1n) is 8.64. The van der Waals surface area contributed by atoms with Gasteiger partial charge in [-0.3, -0.25) is 5.43 Å². The maximum absolute atomic E-state index is 5.99. The minimum Gasteiger partial charge on any atom is -0.493 e. The number of ether oxygens (including phenoxy) is 2. The number of methoxy groups -OCH3 is 1. The average molecular weight is 382 g/mol. The van der Waals surface area contributed by atoms with Crippen LogP contribution in [-0.4, -0.2) is 18.3 Å². The Hall–Kier alpha value is -2.86. The van der Waals surface area contributed by atoms with Gasteiger partial charge in [0.05, 0.1) is 19.0 Å². The first-order chi connectivity index (χ1) is 13.1. The zero-order valence-corrected chi connectivity index (χ0v) is 16.8. The molecule has 0 atom stereocenters. The van der Waals surface area contributed by atoms with Gasteiger partial charge in [0, 0.05) is 5.38 Å². The normalized spacial score (nSPS) is 11.0. The summed E-state index contributed by atoms with van der Waals surface area (Å²) in [6, 6.07) is 12.0. The van der Waals surface area contributed by atoms with Gasteiger partial charge in [0.15, 0.2) is 11.5 Å². The van der Waals surface area contributed by atoms with Crippen molar-refractivity contribution >= 4 is 22.7 Å². The molecule has 0 saturated carbocycles. The Labute approximate surface area is 163 Å². The van der Waals surface area contributed by atoms with E-state index < -0.39 is 0 Å². The van der Waals surface area contributed by atoms with Crippen LogP contribution in [0.3, 0.4) is 0 Å². The lowest BCUT2D eigenvalue weighted by atomic mass is 10.0. The summed E-state index contributed by atoms with van der Waals surface area (Å²) in [4.78, 5) is 4.31. The molecule has 5 nitrogen and oxygen atoms in total. The van der Waals surface area contributed by atoms with Gasteiger partial charge in [-0.1, -0.05) is 18.2 Å². The number of benzene rings is 2. The third-order valence-electron chi connectivity index (χ3n) is 4.28. The number of aromatic nitrogens is 1. The number of hydrogen-bond acceptors (Lipinski definition) is 6. The van der Waals surface area contributed by atoms with Crippen LogP contribution in [0.15, 0.2) is 46.9 Å². The third-order valence-corrected chi connectivity index (χ3v) is 5.15. The van der Waals surface area contributed by atoms with Crippen molar-refractivity contribution in [3.63, 3.8) is 0 Å². The van der Waals surface area contributed by atoms with Crippen LogP contribution < -0.4 is 14.9 Å². The number of nitrogens with zero attached hydrogens (tertiary/aromatic N) is 2. The van der Waals surface area contributed by atoms with Crippen LogP contribution in [0.5, 0.6) is 11.5 Å². The predicted octanol–water partition coefficient (Wildman–Crippen LogP) is 5.10. The van der Waals surface area contributed by atoms with Crippen molar-refractivity contribution in [1.29, 1.82) is 0 Å². The molecule has 0 unspecified atom stereocenters. The zero-order chi connectivity index (χ0) is 19.2. The summed E-state index contributed by atoms with van der Waals surface area (Å²) in [5.74, 6) is 1.38. The van der Waals surface area contributed by atoms with E-state index in [4.69, 9.17) is 9.47 Å². The maximum Gasteiger partial charge on any atom is 0.203 e. The van der Waals surface area contributed by atoms with Crippen molar-refractivity contribution in [1.82, 2.24) is 4.98 Å². The third kappa shape index (κ3) is 4.86. The summed E-state index contributed by atoms with van der Waals surface area (Å²) in [7, 11) is 1.64. The van der Waals surface area contributed by atoms with Crippen LogP contribution in [0, 0.1) is 20.8 Å². The topological polar surface area (TPSA) is 55.7 Å². The van der Waals surface area contributed by atoms with Gasteiger partial charge in [-0.25, -0.2) is 4.98 Å². The average Bonchev–Trinajstić information content (AvgIpc) is 3.08. The van der Waals surface area contributed by atoms with E-state index in [2.05, 4.69) is 47.6 Å². The molecule has 0 aliphatic heterocycles. The van der Waals surface area contributed by atoms with E-state index in [1.807, 2.05) is 30.5 Å². The van der Waals surface area contributed by atoms with Gasteiger partial charge in [0.25, 0.3) is 0 Å². The zero-order valence-electron chi connectivity index (χ0n) is 15.9. The summed E-state index contributed by atoms with van der Waals surface area (Å²) in [6.07, 6.45) is 1.73. The number of aryl methyl sites for hydroxylation is 2. The molecule has 3 aromatic rings. The highest BCUT2D eigenvalue weighted by atomic mass is 32.1. The molecule has 3 rings (SSSR count). The number of anilines is 1. The molecule has 1 N–H and O–H groups in total. The van der Waals surface area contributed by atoms with Gasteiger partial charge in [0.2, 0.25) is 5.13 Å². The molecule has 27 heavy (non-hydrogen) atoms. The van der Waals surface area contributed by atoms with Crippen LogP contribution in [0.2, 0.25) is 0 Å². The van der Waals surface area contributed by atoms with Crippen molar-refractivity contribution < 1.29 is 9.47 Å². The minimum absolute atomic E-state index is 0.502. The van der Waals surface area contributed by atoms with E-state index in [9.17, 15) is 0 Å². The second-order valence-corrected chi connectivity index (χ2v) is 7.08. The first-order valence-corrected chi connectivity index (χ1v) is 9.52. The summed E-state index contributed by atoms with van der Waals surface area (Å²) < 4.78 is 11.5. The van der Waals surface area contributed by atoms with Gasteiger partial charge >= 0.3 is 0 Å². The molecule has 0 spiro atoms. The Morgan fingerprint density at radius 2 is 2.00 bits per heavy atom. The van der Waals surface area contributed by atoms with Crippen LogP contribution in [0.4, 0.5) is 5.13 Å². The Bertz CT molecular complexity index is 950. The highest BCUT2D eigenvalue weighted by molar-refractivity contribution is 7.13. The standard InChI is InChI=1S/C21H23N3O2S/c1-14-6-5-7-18(16(14)3)12-26-19-9-8-17(10-20(19)25-4)11-22-24-21-23-15(2)13-27-21/h5-11,13H,12H2,1-4H3,(H,23,24). The smallest absolute Gasteiger partial charge is 0.203 e. The summed E-state index contributed by atoms with van der Waals surface area (Å²) in [5.41, 5.74) is 8.50. The Morgan fingerprint density at radius 1 is 1.15 bits per heavy atom. The van der Waals surface area contributed by atoms with Gasteiger partial charge in [-0.2, -0.15) is 5.10 Å². The molecule has 6 heteroatoms. The Kier molecular flexibility index (Phi) is 6.08. The summed E-state index contributed by atoms with van der Waals surface area (Å²) in [6.45, 7) is 6.67. The molecule has 0 radical (unpaired) electrons. The summed E-state index contributed by atoms with van der Waals surface area (Å²) in [5, 5.41) is 6.96. The highest BCUT2D eigenvalue weighted by Crippen LogP contribution is 2.29. The van der Waals surface area contributed by atoms with E-state index in [1.54, 1.807) is 13.3 Å². The molecule has 0 saturated heterocycles. The molecule has 1 heterocycles. The fraction of sp³-hybridized carbons (Fsp3) is 0.238. The van der Waals surface area contributed by atoms with E-state index in [0.29, 0.717) is 18.1 Å². The quantitative estimate of drug-likeness (QED) is 0.457. The Morgan fingerprint density at radius 3 is 2.74 bits per heavy atom. The van der Waals surface area contributed by atoms with E-state index in [1.165, 1.54) is 28.0 Å². The van der Waals surface area contributed by atoms with Crippen molar-refractivity contribution in [3.05, 3.63) is 69.7 Å². The largest absolute Gasteiger partial charge is 0.493 e. The van der Waals surface area contributed by atoms with E-state index >= 15 is 0 Å². The van der Waals surface area contributed by atoms with Crippen molar-refractivity contribution in [2.24, 2.45) is 5.10 Å². The molecular weight excluding hydrogens is 358 g/mol. The monoisotopic (exact) mass is 381 g/mol. The van der Waals surface area contributed by atoms with Crippen LogP contribution >= 0.6 is 11.3 Å². The molecule has 1 aromatic heterocycles. The molecular formula is C21H23N3O2S. The SMILES string of the molecule is COc1cc(C=NNc2nc(C)cs2)ccc1OCc1cccc(C)c1C. The second-order valence-electron chi connectivity index (χ2n) is 6.22. The van der Waals surface area contributed by atoms with Gasteiger partial charge in [-0.15, -0.1) is 11.3 Å². The lowest BCUT2D eigenvalue weighted by Crippen LogP contribution is -2.01. The van der Waals surface area contributed by atoms with Gasteiger partial charge in [-0.05, 0) is 61.2 Å². The number of nitrogens with one attached hydrogen (secondary N) is 1. The molecule has 0 fully saturated rings. The lowest BCUT2D eigenvalue weighted by Gasteiger charge is -2.13. The Balaban J connectivity index is 1.67. The van der Waals surface area contributed by atoms with Crippen LogP contribution in [0.1, 0.15) is 27.9 Å². The molecule has 140 valence electrons. The lowest BCUT2D eigenvalue weighted by molar-refractivity contribution is 0.284. The number of thiazole rings is 1. The number of rotatable bonds is 7. The molecule has 0 aliphatic rings. The second kappa shape index (κ2) is 8.68. The van der Waals surface area contributed by atoms with Gasteiger partial charge < -0.3 is 9.47 Å². The summed E-state index contributed by atoms with van der Waals surface area (Å²) >= 11 is 1.52. The predicted molar refractivity (Wildman–Crippen MR) is 111 cm³/mol. The van der Waals surface area contributed by atoms with Gasteiger partial charge in [0.1, 0.15) is 6.61 Å². The van der Waals surface area contributed by atoms with Crippen molar-refractivity contribution in [2.75, 3.05) is 12.5 Å². The van der Waals surface area contributed by atoms with Crippen molar-refractivity contribution in [3.8, 4) is 11.5 Å². The van der Waals surface area contributed by atoms with E-state index in [-0.39, 0.29) is 0 Å². The van der Waals surface area contributed by atoms with Crippen LogP contribution in [0.25, 0.3) is 0 Å². The van der Waals surface area contributed by atoms with E-state index in [0.717, 1.165) is 16.4 Å². The highest BCUT2D eigenvalue weighted by Gasteiger charge is 2.07. The molecule has 0 aliphatic carbocycles. The number of hydrazone groups is 1. The number of hydrogen-bond donors (Lipinski definition) is 1. The minimum atomic E-state index is 0.502. The molecule has 2 aromatic carbocycles. The van der Waals surface area contributed by atoms with Crippen molar-refractivity contribution in [2.45, 2.75) is 27.4 Å². The molecule has 0 amide bonds. The van der Waals surface area contributed by atoms with Crippen LogP contribution in [-0.2, 0) is 6.61 Å². The first kappa shape index (κ1) is 18.9. The molecule has 0 bridgehead atoms. The fourth-order valence-corrected chi connectivity index (χ4v) is 3.21.